The van der Waals surface area contributed by atoms with Gasteiger partial charge in [-0.05, 0) is 33.4 Å². The lowest BCUT2D eigenvalue weighted by atomic mass is 10.2. The Balaban J connectivity index is 2.48. The molecule has 0 radical (unpaired) electrons. The Bertz CT molecular complexity index is 382. The highest BCUT2D eigenvalue weighted by molar-refractivity contribution is 5.59. The Morgan fingerprint density at radius 1 is 1.32 bits per heavy atom. The number of likely N-dealkylation sites (N-methyl/N-ethyl adjacent to an activating group) is 1. The first-order valence-electron chi connectivity index (χ1n) is 7.04. The lowest BCUT2D eigenvalue weighted by Gasteiger charge is -2.23. The van der Waals surface area contributed by atoms with Gasteiger partial charge in [0.15, 0.2) is 0 Å². The first kappa shape index (κ1) is 15.6. The van der Waals surface area contributed by atoms with Crippen molar-refractivity contribution < 1.29 is 4.74 Å². The van der Waals surface area contributed by atoms with Crippen LogP contribution in [-0.2, 0) is 0 Å². The number of nitrogen functional groups attached to an aromatic ring is 1. The Labute approximate surface area is 116 Å². The molecule has 0 aromatic heterocycles. The topological polar surface area (TPSA) is 50.5 Å². The van der Waals surface area contributed by atoms with Crippen LogP contribution in [0, 0.1) is 0 Å². The summed E-state index contributed by atoms with van der Waals surface area (Å²) in [7, 11) is 2.15. The number of benzene rings is 1. The van der Waals surface area contributed by atoms with Crippen molar-refractivity contribution in [2.45, 2.75) is 33.2 Å². The molecule has 1 unspecified atom stereocenters. The zero-order valence-corrected chi connectivity index (χ0v) is 12.6. The van der Waals surface area contributed by atoms with Gasteiger partial charge in [0.2, 0.25) is 0 Å². The summed E-state index contributed by atoms with van der Waals surface area (Å²) in [5.41, 5.74) is 7.60. The van der Waals surface area contributed by atoms with Gasteiger partial charge in [0, 0.05) is 42.6 Å². The predicted molar refractivity (Wildman–Crippen MR) is 82.9 cm³/mol. The molecule has 1 aromatic rings. The summed E-state index contributed by atoms with van der Waals surface area (Å²) in [6, 6.07) is 6.39. The maximum absolute atomic E-state index is 5.86. The highest BCUT2D eigenvalue weighted by atomic mass is 16.5. The van der Waals surface area contributed by atoms with E-state index in [1.807, 2.05) is 25.1 Å². The van der Waals surface area contributed by atoms with Crippen LogP contribution in [0.4, 0.5) is 11.4 Å². The molecule has 1 rings (SSSR count). The molecule has 0 aliphatic rings. The lowest BCUT2D eigenvalue weighted by molar-refractivity contribution is 0.261. The van der Waals surface area contributed by atoms with E-state index in [0.717, 1.165) is 30.2 Å². The molecule has 0 aliphatic carbocycles. The van der Waals surface area contributed by atoms with Gasteiger partial charge in [-0.15, -0.1) is 0 Å². The molecule has 19 heavy (non-hydrogen) atoms. The van der Waals surface area contributed by atoms with Crippen LogP contribution in [0.3, 0.4) is 0 Å². The Morgan fingerprint density at radius 3 is 2.68 bits per heavy atom. The molecule has 0 fully saturated rings. The Hall–Kier alpha value is -1.42. The predicted octanol–water partition coefficient (Wildman–Crippen LogP) is 2.81. The van der Waals surface area contributed by atoms with Crippen molar-refractivity contribution in [2.24, 2.45) is 0 Å². The first-order chi connectivity index (χ1) is 9.06. The summed E-state index contributed by atoms with van der Waals surface area (Å²) in [6.45, 7) is 8.98. The largest absolute Gasteiger partial charge is 0.494 e. The molecule has 0 bridgehead atoms. The van der Waals surface area contributed by atoms with E-state index < -0.39 is 0 Å². The number of nitrogens with one attached hydrogen (secondary N) is 1. The van der Waals surface area contributed by atoms with Crippen LogP contribution in [0.5, 0.6) is 5.75 Å². The summed E-state index contributed by atoms with van der Waals surface area (Å²) in [4.78, 5) is 2.35. The number of hydrogen-bond donors (Lipinski definition) is 2. The molecule has 1 aromatic carbocycles. The monoisotopic (exact) mass is 265 g/mol. The van der Waals surface area contributed by atoms with Crippen LogP contribution in [0.25, 0.3) is 0 Å². The van der Waals surface area contributed by atoms with Crippen molar-refractivity contribution in [1.82, 2.24) is 4.90 Å². The van der Waals surface area contributed by atoms with Gasteiger partial charge in [-0.3, -0.25) is 0 Å². The number of nitrogens with two attached hydrogens (primary N) is 1. The van der Waals surface area contributed by atoms with E-state index in [0.29, 0.717) is 12.6 Å². The average molecular weight is 265 g/mol. The smallest absolute Gasteiger partial charge is 0.123 e. The molecular formula is C15H27N3O. The minimum absolute atomic E-state index is 0.613. The van der Waals surface area contributed by atoms with E-state index in [9.17, 15) is 0 Å². The highest BCUT2D eigenvalue weighted by Gasteiger charge is 2.06. The number of nitrogens with zero attached hydrogens (tertiary/aromatic N) is 1. The van der Waals surface area contributed by atoms with E-state index in [1.54, 1.807) is 0 Å². The number of ether oxygens (including phenoxy) is 1. The van der Waals surface area contributed by atoms with E-state index in [4.69, 9.17) is 10.5 Å². The SMILES string of the molecule is CCOc1cc(N)cc(NCCN(C)C(C)CC)c1. The molecule has 0 heterocycles. The second kappa shape index (κ2) is 7.89. The third-order valence-corrected chi connectivity index (χ3v) is 3.38. The van der Waals surface area contributed by atoms with Crippen LogP contribution in [-0.4, -0.2) is 37.7 Å². The summed E-state index contributed by atoms with van der Waals surface area (Å²) in [5.74, 6) is 0.820. The average Bonchev–Trinajstić information content (AvgIpc) is 2.37. The zero-order chi connectivity index (χ0) is 14.3. The summed E-state index contributed by atoms with van der Waals surface area (Å²) in [5, 5.41) is 3.39. The normalized spacial score (nSPS) is 12.5. The van der Waals surface area contributed by atoms with Crippen molar-refractivity contribution in [3.63, 3.8) is 0 Å². The van der Waals surface area contributed by atoms with Crippen molar-refractivity contribution in [1.29, 1.82) is 0 Å². The molecule has 0 spiro atoms. The molecule has 1 atom stereocenters. The summed E-state index contributed by atoms with van der Waals surface area (Å²) < 4.78 is 5.48. The van der Waals surface area contributed by atoms with Gasteiger partial charge in [0.25, 0.3) is 0 Å². The second-order valence-corrected chi connectivity index (χ2v) is 4.89. The van der Waals surface area contributed by atoms with E-state index in [1.165, 1.54) is 6.42 Å². The molecule has 108 valence electrons. The minimum Gasteiger partial charge on any atom is -0.494 e. The molecular weight excluding hydrogens is 238 g/mol. The molecule has 4 heteroatoms. The quantitative estimate of drug-likeness (QED) is 0.710. The molecule has 0 saturated carbocycles. The van der Waals surface area contributed by atoms with Crippen LogP contribution >= 0.6 is 0 Å². The van der Waals surface area contributed by atoms with Gasteiger partial charge in [-0.2, -0.15) is 0 Å². The Kier molecular flexibility index (Phi) is 6.50. The van der Waals surface area contributed by atoms with Crippen LogP contribution in [0.2, 0.25) is 0 Å². The van der Waals surface area contributed by atoms with Crippen molar-refractivity contribution >= 4 is 11.4 Å². The Morgan fingerprint density at radius 2 is 2.05 bits per heavy atom. The molecule has 0 aliphatic heterocycles. The maximum Gasteiger partial charge on any atom is 0.123 e. The molecule has 0 saturated heterocycles. The highest BCUT2D eigenvalue weighted by Crippen LogP contribution is 2.22. The van der Waals surface area contributed by atoms with Gasteiger partial charge in [0.1, 0.15) is 5.75 Å². The van der Waals surface area contributed by atoms with Gasteiger partial charge >= 0.3 is 0 Å². The number of anilines is 2. The van der Waals surface area contributed by atoms with Crippen molar-refractivity contribution in [3.8, 4) is 5.75 Å². The third kappa shape index (κ3) is 5.39. The number of hydrogen-bond acceptors (Lipinski definition) is 4. The van der Waals surface area contributed by atoms with E-state index >= 15 is 0 Å². The van der Waals surface area contributed by atoms with Crippen LogP contribution < -0.4 is 15.8 Å². The number of rotatable bonds is 8. The first-order valence-corrected chi connectivity index (χ1v) is 7.04. The minimum atomic E-state index is 0.613. The van der Waals surface area contributed by atoms with Crippen molar-refractivity contribution in [3.05, 3.63) is 18.2 Å². The standard InChI is InChI=1S/C15H27N3O/c1-5-12(3)18(4)8-7-17-14-9-13(16)10-15(11-14)19-6-2/h9-12,17H,5-8,16H2,1-4H3. The molecule has 3 N–H and O–H groups in total. The van der Waals surface area contributed by atoms with E-state index in [-0.39, 0.29) is 0 Å². The van der Waals surface area contributed by atoms with Gasteiger partial charge < -0.3 is 20.7 Å². The fraction of sp³-hybridized carbons (Fsp3) is 0.600. The van der Waals surface area contributed by atoms with Gasteiger partial charge in [0.05, 0.1) is 6.61 Å². The van der Waals surface area contributed by atoms with E-state index in [2.05, 4.69) is 31.1 Å². The fourth-order valence-corrected chi connectivity index (χ4v) is 1.88. The van der Waals surface area contributed by atoms with Gasteiger partial charge in [-0.25, -0.2) is 0 Å². The van der Waals surface area contributed by atoms with Crippen molar-refractivity contribution in [2.75, 3.05) is 37.8 Å². The molecule has 4 nitrogen and oxygen atoms in total. The second-order valence-electron chi connectivity index (χ2n) is 4.89. The van der Waals surface area contributed by atoms with Crippen LogP contribution in [0.1, 0.15) is 27.2 Å². The third-order valence-electron chi connectivity index (χ3n) is 3.38. The van der Waals surface area contributed by atoms with Gasteiger partial charge in [-0.1, -0.05) is 6.92 Å². The zero-order valence-electron chi connectivity index (χ0n) is 12.6. The lowest BCUT2D eigenvalue weighted by Crippen LogP contribution is -2.32. The maximum atomic E-state index is 5.86. The van der Waals surface area contributed by atoms with Crippen LogP contribution in [0.15, 0.2) is 18.2 Å². The summed E-state index contributed by atoms with van der Waals surface area (Å²) >= 11 is 0. The fourth-order valence-electron chi connectivity index (χ4n) is 1.88. The molecule has 0 amide bonds. The summed E-state index contributed by atoms with van der Waals surface area (Å²) in [6.07, 6.45) is 1.17.